The zero-order valence-electron chi connectivity index (χ0n) is 11.8. The maximum absolute atomic E-state index is 11.2. The molecule has 3 N–H and O–H groups in total. The van der Waals surface area contributed by atoms with Gasteiger partial charge in [0.15, 0.2) is 0 Å². The van der Waals surface area contributed by atoms with Crippen molar-refractivity contribution in [3.8, 4) is 0 Å². The predicted octanol–water partition coefficient (Wildman–Crippen LogP) is 2.47. The molecule has 0 saturated carbocycles. The highest BCUT2D eigenvalue weighted by atomic mass is 16.4. The second kappa shape index (κ2) is 5.51. The fourth-order valence-corrected chi connectivity index (χ4v) is 2.32. The van der Waals surface area contributed by atoms with Crippen molar-refractivity contribution in [3.63, 3.8) is 0 Å². The number of carbonyl (C=O) groups is 1. The van der Waals surface area contributed by atoms with Crippen LogP contribution in [0.5, 0.6) is 0 Å². The van der Waals surface area contributed by atoms with Crippen molar-refractivity contribution in [3.05, 3.63) is 42.5 Å². The first-order valence-corrected chi connectivity index (χ1v) is 6.70. The molecule has 1 atom stereocenters. The third kappa shape index (κ3) is 2.75. The van der Waals surface area contributed by atoms with Crippen LogP contribution < -0.4 is 10.6 Å². The van der Waals surface area contributed by atoms with Gasteiger partial charge in [-0.25, -0.2) is 0 Å². The molecule has 0 heterocycles. The van der Waals surface area contributed by atoms with E-state index < -0.39 is 11.5 Å². The highest BCUT2D eigenvalue weighted by Crippen LogP contribution is 2.27. The SMILES string of the molecule is CCN(CC(C)(N)C(=O)O)c1cccc2ccccc12. The Hall–Kier alpha value is -2.07. The normalized spacial score (nSPS) is 13.9. The Morgan fingerprint density at radius 2 is 1.90 bits per heavy atom. The second-order valence-electron chi connectivity index (χ2n) is 5.24. The minimum Gasteiger partial charge on any atom is -0.480 e. The average molecular weight is 272 g/mol. The molecular weight excluding hydrogens is 252 g/mol. The standard InChI is InChI=1S/C16H20N2O2/c1-3-18(11-16(2,17)15(19)20)14-10-6-8-12-7-4-5-9-13(12)14/h4-10H,3,11,17H2,1-2H3,(H,19,20). The Bertz CT molecular complexity index is 617. The highest BCUT2D eigenvalue weighted by Gasteiger charge is 2.30. The molecule has 0 aliphatic carbocycles. The molecule has 2 rings (SSSR count). The molecule has 106 valence electrons. The van der Waals surface area contributed by atoms with E-state index >= 15 is 0 Å². The van der Waals surface area contributed by atoms with Gasteiger partial charge in [0, 0.05) is 24.2 Å². The van der Waals surface area contributed by atoms with Crippen LogP contribution in [0.3, 0.4) is 0 Å². The summed E-state index contributed by atoms with van der Waals surface area (Å²) in [5, 5.41) is 11.4. The minimum atomic E-state index is -1.27. The van der Waals surface area contributed by atoms with E-state index in [-0.39, 0.29) is 6.54 Å². The number of anilines is 1. The van der Waals surface area contributed by atoms with Gasteiger partial charge in [0.1, 0.15) is 5.54 Å². The summed E-state index contributed by atoms with van der Waals surface area (Å²) in [5.41, 5.74) is 5.62. The van der Waals surface area contributed by atoms with Crippen LogP contribution in [0.25, 0.3) is 10.8 Å². The fourth-order valence-electron chi connectivity index (χ4n) is 2.32. The van der Waals surface area contributed by atoms with Crippen LogP contribution in [0.2, 0.25) is 0 Å². The molecule has 0 saturated heterocycles. The Labute approximate surface area is 118 Å². The maximum Gasteiger partial charge on any atom is 0.325 e. The lowest BCUT2D eigenvalue weighted by Crippen LogP contribution is -2.54. The maximum atomic E-state index is 11.2. The summed E-state index contributed by atoms with van der Waals surface area (Å²) in [7, 11) is 0. The van der Waals surface area contributed by atoms with Crippen molar-refractivity contribution >= 4 is 22.4 Å². The summed E-state index contributed by atoms with van der Waals surface area (Å²) in [5.74, 6) is -0.990. The second-order valence-corrected chi connectivity index (χ2v) is 5.24. The quantitative estimate of drug-likeness (QED) is 0.877. The summed E-state index contributed by atoms with van der Waals surface area (Å²) in [6, 6.07) is 14.1. The lowest BCUT2D eigenvalue weighted by Gasteiger charge is -2.31. The smallest absolute Gasteiger partial charge is 0.325 e. The predicted molar refractivity (Wildman–Crippen MR) is 82.1 cm³/mol. The Morgan fingerprint density at radius 1 is 1.25 bits per heavy atom. The molecule has 20 heavy (non-hydrogen) atoms. The number of carboxylic acids is 1. The number of hydrogen-bond donors (Lipinski definition) is 2. The van der Waals surface area contributed by atoms with Gasteiger partial charge in [0.25, 0.3) is 0 Å². The Balaban J connectivity index is 2.42. The van der Waals surface area contributed by atoms with E-state index in [2.05, 4.69) is 0 Å². The molecule has 0 spiro atoms. The van der Waals surface area contributed by atoms with E-state index in [1.165, 1.54) is 0 Å². The first kappa shape index (κ1) is 14.3. The number of hydrogen-bond acceptors (Lipinski definition) is 3. The highest BCUT2D eigenvalue weighted by molar-refractivity contribution is 5.94. The zero-order chi connectivity index (χ0) is 14.8. The van der Waals surface area contributed by atoms with Crippen molar-refractivity contribution < 1.29 is 9.90 Å². The number of aliphatic carboxylic acids is 1. The summed E-state index contributed by atoms with van der Waals surface area (Å²) in [4.78, 5) is 13.2. The summed E-state index contributed by atoms with van der Waals surface area (Å²) in [6.45, 7) is 4.52. The lowest BCUT2D eigenvalue weighted by atomic mass is 10.0. The van der Waals surface area contributed by atoms with Gasteiger partial charge in [-0.05, 0) is 25.3 Å². The van der Waals surface area contributed by atoms with E-state index in [1.807, 2.05) is 54.3 Å². The van der Waals surface area contributed by atoms with E-state index in [4.69, 9.17) is 5.73 Å². The largest absolute Gasteiger partial charge is 0.480 e. The monoisotopic (exact) mass is 272 g/mol. The molecule has 0 aliphatic heterocycles. The first-order valence-electron chi connectivity index (χ1n) is 6.70. The van der Waals surface area contributed by atoms with Gasteiger partial charge < -0.3 is 15.7 Å². The number of nitrogens with zero attached hydrogens (tertiary/aromatic N) is 1. The number of rotatable bonds is 5. The minimum absolute atomic E-state index is 0.271. The third-order valence-electron chi connectivity index (χ3n) is 3.50. The molecule has 0 fully saturated rings. The molecule has 0 aromatic heterocycles. The van der Waals surface area contributed by atoms with Crippen LogP contribution in [0.1, 0.15) is 13.8 Å². The van der Waals surface area contributed by atoms with Crippen LogP contribution in [0.4, 0.5) is 5.69 Å². The zero-order valence-corrected chi connectivity index (χ0v) is 11.8. The molecule has 4 nitrogen and oxygen atoms in total. The molecule has 4 heteroatoms. The molecular formula is C16H20N2O2. The van der Waals surface area contributed by atoms with E-state index in [0.29, 0.717) is 6.54 Å². The van der Waals surface area contributed by atoms with Gasteiger partial charge in [-0.2, -0.15) is 0 Å². The molecule has 0 radical (unpaired) electrons. The molecule has 2 aromatic rings. The molecule has 0 amide bonds. The molecule has 2 aromatic carbocycles. The van der Waals surface area contributed by atoms with Crippen LogP contribution in [-0.2, 0) is 4.79 Å². The van der Waals surface area contributed by atoms with Crippen LogP contribution in [-0.4, -0.2) is 29.7 Å². The van der Waals surface area contributed by atoms with Crippen molar-refractivity contribution in [2.75, 3.05) is 18.0 Å². The van der Waals surface area contributed by atoms with Gasteiger partial charge in [0.2, 0.25) is 0 Å². The number of likely N-dealkylation sites (N-methyl/N-ethyl adjacent to an activating group) is 1. The van der Waals surface area contributed by atoms with Gasteiger partial charge in [-0.15, -0.1) is 0 Å². The number of benzene rings is 2. The fraction of sp³-hybridized carbons (Fsp3) is 0.312. The molecule has 0 bridgehead atoms. The Kier molecular flexibility index (Phi) is 3.95. The number of carboxylic acid groups (broad SMARTS) is 1. The van der Waals surface area contributed by atoms with Gasteiger partial charge in [-0.3, -0.25) is 4.79 Å². The van der Waals surface area contributed by atoms with Crippen molar-refractivity contribution in [1.82, 2.24) is 0 Å². The van der Waals surface area contributed by atoms with Crippen molar-refractivity contribution in [1.29, 1.82) is 0 Å². The third-order valence-corrected chi connectivity index (χ3v) is 3.50. The summed E-state index contributed by atoms with van der Waals surface area (Å²) >= 11 is 0. The number of nitrogens with two attached hydrogens (primary N) is 1. The van der Waals surface area contributed by atoms with Crippen LogP contribution >= 0.6 is 0 Å². The van der Waals surface area contributed by atoms with Gasteiger partial charge in [0.05, 0.1) is 0 Å². The van der Waals surface area contributed by atoms with E-state index in [9.17, 15) is 9.90 Å². The first-order chi connectivity index (χ1) is 9.45. The van der Waals surface area contributed by atoms with Crippen molar-refractivity contribution in [2.45, 2.75) is 19.4 Å². The average Bonchev–Trinajstić information content (AvgIpc) is 2.44. The topological polar surface area (TPSA) is 66.6 Å². The van der Waals surface area contributed by atoms with E-state index in [1.54, 1.807) is 6.92 Å². The number of fused-ring (bicyclic) bond motifs is 1. The van der Waals surface area contributed by atoms with Gasteiger partial charge >= 0.3 is 5.97 Å². The van der Waals surface area contributed by atoms with Crippen molar-refractivity contribution in [2.24, 2.45) is 5.73 Å². The molecule has 0 aliphatic rings. The molecule has 1 unspecified atom stereocenters. The summed E-state index contributed by atoms with van der Waals surface area (Å²) in [6.07, 6.45) is 0. The Morgan fingerprint density at radius 3 is 2.55 bits per heavy atom. The summed E-state index contributed by atoms with van der Waals surface area (Å²) < 4.78 is 0. The van der Waals surface area contributed by atoms with Gasteiger partial charge in [-0.1, -0.05) is 36.4 Å². The lowest BCUT2D eigenvalue weighted by molar-refractivity contribution is -0.142. The van der Waals surface area contributed by atoms with E-state index in [0.717, 1.165) is 16.5 Å². The van der Waals surface area contributed by atoms with Crippen LogP contribution in [0, 0.1) is 0 Å². The van der Waals surface area contributed by atoms with Crippen LogP contribution in [0.15, 0.2) is 42.5 Å².